The van der Waals surface area contributed by atoms with Crippen molar-refractivity contribution in [3.05, 3.63) is 39.5 Å². The third-order valence-electron chi connectivity index (χ3n) is 2.83. The topological polar surface area (TPSA) is 57.0 Å². The lowest BCUT2D eigenvalue weighted by atomic mass is 10.2. The lowest BCUT2D eigenvalue weighted by molar-refractivity contribution is -0.142. The standard InChI is InChI=1S/C14H9ClF3N3O2/c1-3-6-21-12(8-4-5-19-9(15)7-8)20-11(14(16,17)18)10(23-2)13(21)22/h1,4-5,7H,6H2,2H3. The Kier molecular flexibility index (Phi) is 4.61. The second-order valence-electron chi connectivity index (χ2n) is 4.28. The minimum absolute atomic E-state index is 0.0355. The van der Waals surface area contributed by atoms with Gasteiger partial charge in [-0.15, -0.1) is 6.42 Å². The van der Waals surface area contributed by atoms with Crippen molar-refractivity contribution < 1.29 is 17.9 Å². The van der Waals surface area contributed by atoms with Gasteiger partial charge in [-0.3, -0.25) is 9.36 Å². The number of halogens is 4. The molecule has 0 fully saturated rings. The van der Waals surface area contributed by atoms with Crippen LogP contribution in [0.25, 0.3) is 11.4 Å². The van der Waals surface area contributed by atoms with Crippen LogP contribution in [-0.4, -0.2) is 21.6 Å². The third kappa shape index (κ3) is 3.29. The van der Waals surface area contributed by atoms with Gasteiger partial charge in [0.2, 0.25) is 5.75 Å². The molecule has 0 radical (unpaired) electrons. The van der Waals surface area contributed by atoms with Gasteiger partial charge in [0.1, 0.15) is 11.0 Å². The van der Waals surface area contributed by atoms with Crippen molar-refractivity contribution in [3.8, 4) is 29.5 Å². The highest BCUT2D eigenvalue weighted by atomic mass is 35.5. The fourth-order valence-corrected chi connectivity index (χ4v) is 2.09. The van der Waals surface area contributed by atoms with Gasteiger partial charge in [0.05, 0.1) is 13.7 Å². The van der Waals surface area contributed by atoms with E-state index in [1.807, 2.05) is 0 Å². The highest BCUT2D eigenvalue weighted by molar-refractivity contribution is 6.29. The fraction of sp³-hybridized carbons (Fsp3) is 0.214. The summed E-state index contributed by atoms with van der Waals surface area (Å²) in [6, 6.07) is 2.65. The quantitative estimate of drug-likeness (QED) is 0.635. The summed E-state index contributed by atoms with van der Waals surface area (Å²) in [5, 5.41) is 0.0355. The molecule has 0 amide bonds. The van der Waals surface area contributed by atoms with Gasteiger partial charge in [-0.1, -0.05) is 17.5 Å². The molecule has 9 heteroatoms. The van der Waals surface area contributed by atoms with Gasteiger partial charge < -0.3 is 4.74 Å². The zero-order chi connectivity index (χ0) is 17.2. The van der Waals surface area contributed by atoms with Crippen LogP contribution < -0.4 is 10.3 Å². The number of aromatic nitrogens is 3. The molecule has 5 nitrogen and oxygen atoms in total. The van der Waals surface area contributed by atoms with Crippen LogP contribution in [0.4, 0.5) is 13.2 Å². The van der Waals surface area contributed by atoms with Crippen molar-refractivity contribution in [3.63, 3.8) is 0 Å². The number of methoxy groups -OCH3 is 1. The maximum absolute atomic E-state index is 13.1. The molecule has 0 aromatic carbocycles. The lowest BCUT2D eigenvalue weighted by Gasteiger charge is -2.16. The predicted octanol–water partition coefficient (Wildman–Crippen LogP) is 2.62. The Morgan fingerprint density at radius 1 is 1.48 bits per heavy atom. The van der Waals surface area contributed by atoms with E-state index in [-0.39, 0.29) is 23.1 Å². The molecule has 23 heavy (non-hydrogen) atoms. The smallest absolute Gasteiger partial charge is 0.437 e. The predicted molar refractivity (Wildman–Crippen MR) is 77.1 cm³/mol. The van der Waals surface area contributed by atoms with Gasteiger partial charge in [0.25, 0.3) is 5.56 Å². The molecule has 0 aliphatic carbocycles. The van der Waals surface area contributed by atoms with E-state index in [9.17, 15) is 18.0 Å². The number of ether oxygens (including phenoxy) is 1. The first-order valence-corrected chi connectivity index (χ1v) is 6.48. The van der Waals surface area contributed by atoms with Crippen molar-refractivity contribution in [1.29, 1.82) is 0 Å². The van der Waals surface area contributed by atoms with Crippen molar-refractivity contribution in [2.24, 2.45) is 0 Å². The summed E-state index contributed by atoms with van der Waals surface area (Å²) in [6.07, 6.45) is 1.59. The first-order valence-electron chi connectivity index (χ1n) is 6.11. The van der Waals surface area contributed by atoms with Gasteiger partial charge in [-0.05, 0) is 12.1 Å². The fourth-order valence-electron chi connectivity index (χ4n) is 1.91. The van der Waals surface area contributed by atoms with Crippen LogP contribution in [0.15, 0.2) is 23.1 Å². The average molecular weight is 344 g/mol. The molecule has 2 aromatic rings. The van der Waals surface area contributed by atoms with Crippen LogP contribution in [0.1, 0.15) is 5.69 Å². The molecule has 0 aliphatic heterocycles. The SMILES string of the molecule is C#CCn1c(-c2ccnc(Cl)c2)nc(C(F)(F)F)c(OC)c1=O. The van der Waals surface area contributed by atoms with E-state index in [1.165, 1.54) is 18.3 Å². The van der Waals surface area contributed by atoms with Crippen molar-refractivity contribution in [2.75, 3.05) is 7.11 Å². The third-order valence-corrected chi connectivity index (χ3v) is 3.04. The van der Waals surface area contributed by atoms with E-state index in [2.05, 4.69) is 20.6 Å². The molecule has 0 N–H and O–H groups in total. The molecule has 0 bridgehead atoms. The normalized spacial score (nSPS) is 11.1. The highest BCUT2D eigenvalue weighted by Gasteiger charge is 2.39. The molecule has 0 saturated carbocycles. The van der Waals surface area contributed by atoms with Gasteiger partial charge >= 0.3 is 6.18 Å². The van der Waals surface area contributed by atoms with E-state index in [1.54, 1.807) is 0 Å². The summed E-state index contributed by atoms with van der Waals surface area (Å²) in [7, 11) is 0.955. The van der Waals surface area contributed by atoms with Crippen molar-refractivity contribution in [2.45, 2.75) is 12.7 Å². The molecule has 0 unspecified atom stereocenters. The summed E-state index contributed by atoms with van der Waals surface area (Å²) < 4.78 is 44.9. The van der Waals surface area contributed by atoms with Crippen LogP contribution in [0.2, 0.25) is 5.15 Å². The summed E-state index contributed by atoms with van der Waals surface area (Å²) in [5.41, 5.74) is -2.29. The monoisotopic (exact) mass is 343 g/mol. The summed E-state index contributed by atoms with van der Waals surface area (Å²) in [6.45, 7) is -0.282. The van der Waals surface area contributed by atoms with Crippen LogP contribution in [0, 0.1) is 12.3 Å². The van der Waals surface area contributed by atoms with E-state index in [0.717, 1.165) is 11.7 Å². The molecule has 2 rings (SSSR count). The Labute approximate surface area is 133 Å². The number of nitrogens with zero attached hydrogens (tertiary/aromatic N) is 3. The highest BCUT2D eigenvalue weighted by Crippen LogP contribution is 2.34. The number of pyridine rings is 1. The molecule has 0 atom stereocenters. The average Bonchev–Trinajstić information content (AvgIpc) is 2.48. The number of alkyl halides is 3. The second-order valence-corrected chi connectivity index (χ2v) is 4.66. The first-order chi connectivity index (χ1) is 10.8. The van der Waals surface area contributed by atoms with Gasteiger partial charge in [-0.25, -0.2) is 9.97 Å². The molecule has 2 heterocycles. The second kappa shape index (κ2) is 6.30. The van der Waals surface area contributed by atoms with Gasteiger partial charge in [0, 0.05) is 11.8 Å². The Balaban J connectivity index is 2.87. The summed E-state index contributed by atoms with van der Waals surface area (Å²) in [5.74, 6) is 1.00. The zero-order valence-corrected chi connectivity index (χ0v) is 12.4. The van der Waals surface area contributed by atoms with Crippen LogP contribution >= 0.6 is 11.6 Å². The van der Waals surface area contributed by atoms with E-state index >= 15 is 0 Å². The zero-order valence-electron chi connectivity index (χ0n) is 11.7. The summed E-state index contributed by atoms with van der Waals surface area (Å²) in [4.78, 5) is 19.6. The van der Waals surface area contributed by atoms with Gasteiger partial charge in [0.15, 0.2) is 5.69 Å². The number of terminal acetylenes is 1. The van der Waals surface area contributed by atoms with Gasteiger partial charge in [-0.2, -0.15) is 13.2 Å². The lowest BCUT2D eigenvalue weighted by Crippen LogP contribution is -2.28. The molecular formula is C14H9ClF3N3O2. The molecular weight excluding hydrogens is 335 g/mol. The molecule has 0 spiro atoms. The minimum atomic E-state index is -4.87. The maximum Gasteiger partial charge on any atom is 0.437 e. The Hall–Kier alpha value is -2.53. The number of hydrogen-bond acceptors (Lipinski definition) is 4. The van der Waals surface area contributed by atoms with E-state index < -0.39 is 23.2 Å². The number of rotatable bonds is 3. The molecule has 120 valence electrons. The van der Waals surface area contributed by atoms with Crippen molar-refractivity contribution >= 4 is 11.6 Å². The molecule has 0 saturated heterocycles. The van der Waals surface area contributed by atoms with E-state index in [0.29, 0.717) is 0 Å². The Bertz CT molecular complexity index is 841. The maximum atomic E-state index is 13.1. The molecule has 2 aromatic heterocycles. The van der Waals surface area contributed by atoms with E-state index in [4.69, 9.17) is 18.0 Å². The minimum Gasteiger partial charge on any atom is -0.490 e. The molecule has 0 aliphatic rings. The van der Waals surface area contributed by atoms with Crippen LogP contribution in [0.5, 0.6) is 5.75 Å². The van der Waals surface area contributed by atoms with Crippen LogP contribution in [0.3, 0.4) is 0 Å². The Morgan fingerprint density at radius 2 is 2.17 bits per heavy atom. The summed E-state index contributed by atoms with van der Waals surface area (Å²) >= 11 is 5.74. The largest absolute Gasteiger partial charge is 0.490 e. The first kappa shape index (κ1) is 16.8. The Morgan fingerprint density at radius 3 is 2.70 bits per heavy atom. The van der Waals surface area contributed by atoms with Crippen molar-refractivity contribution in [1.82, 2.24) is 14.5 Å². The van der Waals surface area contributed by atoms with Crippen LogP contribution in [-0.2, 0) is 12.7 Å². The number of hydrogen-bond donors (Lipinski definition) is 0.